The highest BCUT2D eigenvalue weighted by Gasteiger charge is 2.06. The number of aromatic nitrogens is 1. The minimum atomic E-state index is -0.417. The molecule has 0 saturated heterocycles. The molecule has 0 bridgehead atoms. The predicted molar refractivity (Wildman–Crippen MR) is 99.3 cm³/mol. The molecule has 0 aliphatic rings. The molecule has 0 saturated carbocycles. The van der Waals surface area contributed by atoms with E-state index in [1.54, 1.807) is 23.5 Å². The maximum absolute atomic E-state index is 13.2. The average molecular weight is 369 g/mol. The molecule has 130 valence electrons. The summed E-state index contributed by atoms with van der Waals surface area (Å²) in [6, 6.07) is 4.64. The van der Waals surface area contributed by atoms with Crippen LogP contribution in [0, 0.1) is 5.82 Å². The van der Waals surface area contributed by atoms with Crippen LogP contribution < -0.4 is 10.6 Å². The standard InChI is InChI=1S/C17H22ClFN4S/c1-4-20-17(21-8-12-5-6-14(19)13(18)7-12)22-9-16-23-15(10-24-16)11(2)3/h5-7,10-11H,4,8-9H2,1-3H3,(H2,20,21,22). The summed E-state index contributed by atoms with van der Waals surface area (Å²) in [5.41, 5.74) is 1.97. The van der Waals surface area contributed by atoms with Crippen LogP contribution in [0.3, 0.4) is 0 Å². The summed E-state index contributed by atoms with van der Waals surface area (Å²) in [6.07, 6.45) is 0. The normalized spacial score (nSPS) is 11.8. The van der Waals surface area contributed by atoms with Crippen LogP contribution >= 0.6 is 22.9 Å². The maximum Gasteiger partial charge on any atom is 0.191 e. The van der Waals surface area contributed by atoms with Gasteiger partial charge in [0.25, 0.3) is 0 Å². The maximum atomic E-state index is 13.2. The van der Waals surface area contributed by atoms with Gasteiger partial charge in [0.2, 0.25) is 0 Å². The first-order valence-electron chi connectivity index (χ1n) is 7.90. The van der Waals surface area contributed by atoms with Crippen molar-refractivity contribution in [3.63, 3.8) is 0 Å². The van der Waals surface area contributed by atoms with Gasteiger partial charge in [-0.05, 0) is 30.5 Å². The first-order valence-corrected chi connectivity index (χ1v) is 9.15. The minimum absolute atomic E-state index is 0.115. The number of hydrogen-bond acceptors (Lipinski definition) is 3. The molecular formula is C17H22ClFN4S. The molecule has 0 unspecified atom stereocenters. The fourth-order valence-corrected chi connectivity index (χ4v) is 3.08. The number of nitrogens with one attached hydrogen (secondary N) is 2. The Kier molecular flexibility index (Phi) is 6.99. The number of thiazole rings is 1. The van der Waals surface area contributed by atoms with Crippen molar-refractivity contribution in [1.82, 2.24) is 15.6 Å². The molecule has 0 amide bonds. The SMILES string of the molecule is CCNC(=NCc1ccc(F)c(Cl)c1)NCc1nc(C(C)C)cs1. The smallest absolute Gasteiger partial charge is 0.191 e. The van der Waals surface area contributed by atoms with Crippen molar-refractivity contribution in [3.05, 3.63) is 50.7 Å². The second-order valence-corrected chi connectivity index (χ2v) is 6.97. The topological polar surface area (TPSA) is 49.3 Å². The molecule has 24 heavy (non-hydrogen) atoms. The lowest BCUT2D eigenvalue weighted by atomic mass is 10.2. The Morgan fingerprint density at radius 3 is 2.79 bits per heavy atom. The zero-order chi connectivity index (χ0) is 17.5. The van der Waals surface area contributed by atoms with E-state index in [0.29, 0.717) is 25.0 Å². The minimum Gasteiger partial charge on any atom is -0.357 e. The van der Waals surface area contributed by atoms with E-state index in [4.69, 9.17) is 11.6 Å². The lowest BCUT2D eigenvalue weighted by Gasteiger charge is -2.10. The molecule has 7 heteroatoms. The number of hydrogen-bond donors (Lipinski definition) is 2. The Bertz CT molecular complexity index is 700. The quantitative estimate of drug-likeness (QED) is 0.590. The van der Waals surface area contributed by atoms with Crippen molar-refractivity contribution >= 4 is 28.9 Å². The van der Waals surface area contributed by atoms with E-state index in [2.05, 4.69) is 39.8 Å². The number of rotatable bonds is 6. The van der Waals surface area contributed by atoms with E-state index in [1.807, 2.05) is 6.92 Å². The highest BCUT2D eigenvalue weighted by Crippen LogP contribution is 2.18. The molecule has 0 aliphatic heterocycles. The molecular weight excluding hydrogens is 347 g/mol. The summed E-state index contributed by atoms with van der Waals surface area (Å²) < 4.78 is 13.2. The summed E-state index contributed by atoms with van der Waals surface area (Å²) in [7, 11) is 0. The summed E-state index contributed by atoms with van der Waals surface area (Å²) in [6.45, 7) is 8.06. The summed E-state index contributed by atoms with van der Waals surface area (Å²) in [5, 5.41) is 9.68. The van der Waals surface area contributed by atoms with Crippen molar-refractivity contribution < 1.29 is 4.39 Å². The third kappa shape index (κ3) is 5.46. The number of nitrogens with zero attached hydrogens (tertiary/aromatic N) is 2. The molecule has 0 spiro atoms. The Morgan fingerprint density at radius 2 is 2.17 bits per heavy atom. The van der Waals surface area contributed by atoms with E-state index in [0.717, 1.165) is 22.8 Å². The third-order valence-corrected chi connectivity index (χ3v) is 4.47. The van der Waals surface area contributed by atoms with Crippen LogP contribution in [0.5, 0.6) is 0 Å². The van der Waals surface area contributed by atoms with Crippen LogP contribution in [0.2, 0.25) is 5.02 Å². The second-order valence-electron chi connectivity index (χ2n) is 5.62. The van der Waals surface area contributed by atoms with Crippen LogP contribution in [0.25, 0.3) is 0 Å². The molecule has 1 aromatic carbocycles. The molecule has 0 radical (unpaired) electrons. The lowest BCUT2D eigenvalue weighted by Crippen LogP contribution is -2.36. The van der Waals surface area contributed by atoms with Crippen LogP contribution in [0.1, 0.15) is 43.0 Å². The Balaban J connectivity index is 1.98. The molecule has 1 heterocycles. The summed E-state index contributed by atoms with van der Waals surface area (Å²) >= 11 is 7.44. The first kappa shape index (κ1) is 18.7. The molecule has 1 aromatic heterocycles. The van der Waals surface area contributed by atoms with Gasteiger partial charge in [0.1, 0.15) is 10.8 Å². The van der Waals surface area contributed by atoms with Gasteiger partial charge < -0.3 is 10.6 Å². The van der Waals surface area contributed by atoms with Crippen molar-refractivity contribution in [3.8, 4) is 0 Å². The molecule has 0 aliphatic carbocycles. The van der Waals surface area contributed by atoms with Crippen molar-refractivity contribution in [2.45, 2.75) is 39.8 Å². The van der Waals surface area contributed by atoms with Gasteiger partial charge in [0.15, 0.2) is 5.96 Å². The van der Waals surface area contributed by atoms with Gasteiger partial charge in [0, 0.05) is 11.9 Å². The molecule has 2 aromatic rings. The molecule has 0 fully saturated rings. The van der Waals surface area contributed by atoms with Gasteiger partial charge in [-0.1, -0.05) is 31.5 Å². The Hall–Kier alpha value is -1.66. The fourth-order valence-electron chi connectivity index (χ4n) is 1.98. The van der Waals surface area contributed by atoms with Crippen LogP contribution in [-0.2, 0) is 13.1 Å². The summed E-state index contributed by atoms with van der Waals surface area (Å²) in [5.74, 6) is 0.707. The lowest BCUT2D eigenvalue weighted by molar-refractivity contribution is 0.627. The van der Waals surface area contributed by atoms with Crippen molar-refractivity contribution in [2.75, 3.05) is 6.54 Å². The third-order valence-electron chi connectivity index (χ3n) is 3.32. The highest BCUT2D eigenvalue weighted by atomic mass is 35.5. The molecule has 2 rings (SSSR count). The Morgan fingerprint density at radius 1 is 1.38 bits per heavy atom. The van der Waals surface area contributed by atoms with Gasteiger partial charge in [-0.3, -0.25) is 0 Å². The highest BCUT2D eigenvalue weighted by molar-refractivity contribution is 7.09. The molecule has 0 atom stereocenters. The van der Waals surface area contributed by atoms with Gasteiger partial charge in [-0.25, -0.2) is 14.4 Å². The van der Waals surface area contributed by atoms with Gasteiger partial charge in [-0.2, -0.15) is 0 Å². The van der Waals surface area contributed by atoms with Gasteiger partial charge >= 0.3 is 0 Å². The predicted octanol–water partition coefficient (Wildman–Crippen LogP) is 4.31. The largest absolute Gasteiger partial charge is 0.357 e. The number of guanidine groups is 1. The second kappa shape index (κ2) is 8.99. The monoisotopic (exact) mass is 368 g/mol. The molecule has 2 N–H and O–H groups in total. The van der Waals surface area contributed by atoms with Gasteiger partial charge in [-0.15, -0.1) is 11.3 Å². The average Bonchev–Trinajstić information content (AvgIpc) is 3.02. The molecule has 4 nitrogen and oxygen atoms in total. The number of aliphatic imine (C=N–C) groups is 1. The van der Waals surface area contributed by atoms with E-state index >= 15 is 0 Å². The van der Waals surface area contributed by atoms with Crippen LogP contribution in [0.15, 0.2) is 28.6 Å². The van der Waals surface area contributed by atoms with E-state index < -0.39 is 5.82 Å². The van der Waals surface area contributed by atoms with Crippen molar-refractivity contribution in [1.29, 1.82) is 0 Å². The zero-order valence-corrected chi connectivity index (χ0v) is 15.6. The van der Waals surface area contributed by atoms with Crippen LogP contribution in [0.4, 0.5) is 4.39 Å². The summed E-state index contributed by atoms with van der Waals surface area (Å²) in [4.78, 5) is 9.10. The zero-order valence-electron chi connectivity index (χ0n) is 14.1. The van der Waals surface area contributed by atoms with E-state index in [1.165, 1.54) is 6.07 Å². The first-order chi connectivity index (χ1) is 11.5. The van der Waals surface area contributed by atoms with Crippen molar-refractivity contribution in [2.24, 2.45) is 4.99 Å². The number of benzene rings is 1. The van der Waals surface area contributed by atoms with Gasteiger partial charge in [0.05, 0.1) is 23.8 Å². The fraction of sp³-hybridized carbons (Fsp3) is 0.412. The van der Waals surface area contributed by atoms with E-state index in [-0.39, 0.29) is 5.02 Å². The van der Waals surface area contributed by atoms with E-state index in [9.17, 15) is 4.39 Å². The van der Waals surface area contributed by atoms with Crippen LogP contribution in [-0.4, -0.2) is 17.5 Å². The number of halogens is 2. The Labute approximate surface area is 151 Å².